The smallest absolute Gasteiger partial charge is 0.407 e. The van der Waals surface area contributed by atoms with Gasteiger partial charge in [-0.2, -0.15) is 0 Å². The highest BCUT2D eigenvalue weighted by molar-refractivity contribution is 7.90. The number of alkyl carbamates (subject to hydrolysis) is 1. The van der Waals surface area contributed by atoms with Crippen LogP contribution in [0.2, 0.25) is 0 Å². The Balaban J connectivity index is 3.72. The molecule has 0 aliphatic rings. The molecule has 0 spiro atoms. The van der Waals surface area contributed by atoms with E-state index in [9.17, 15) is 18.0 Å². The Bertz CT molecular complexity index is 411. The molecule has 0 heterocycles. The number of carbonyl (C=O) groups excluding carboxylic acids is 2. The summed E-state index contributed by atoms with van der Waals surface area (Å²) >= 11 is 0. The Labute approximate surface area is 114 Å². The highest BCUT2D eigenvalue weighted by Crippen LogP contribution is 2.06. The average molecular weight is 294 g/mol. The van der Waals surface area contributed by atoms with E-state index in [2.05, 4.69) is 10.6 Å². The fourth-order valence-corrected chi connectivity index (χ4v) is 1.53. The topological polar surface area (TPSA) is 102 Å². The summed E-state index contributed by atoms with van der Waals surface area (Å²) in [7, 11) is -3.08. The molecule has 0 atom stereocenters. The molecule has 8 heteroatoms. The molecule has 0 aromatic heterocycles. The highest BCUT2D eigenvalue weighted by Gasteiger charge is 2.15. The summed E-state index contributed by atoms with van der Waals surface area (Å²) in [5.74, 6) is -0.419. The quantitative estimate of drug-likeness (QED) is 0.721. The van der Waals surface area contributed by atoms with E-state index in [1.165, 1.54) is 0 Å². The third-order valence-electron chi connectivity index (χ3n) is 1.82. The van der Waals surface area contributed by atoms with Crippen LogP contribution in [0.4, 0.5) is 4.79 Å². The predicted molar refractivity (Wildman–Crippen MR) is 71.6 cm³/mol. The van der Waals surface area contributed by atoms with Gasteiger partial charge in [0.25, 0.3) is 0 Å². The molecule has 0 rings (SSSR count). The van der Waals surface area contributed by atoms with Crippen molar-refractivity contribution in [3.05, 3.63) is 0 Å². The normalized spacial score (nSPS) is 11.8. The Hall–Kier alpha value is -1.31. The molecule has 2 N–H and O–H groups in total. The van der Waals surface area contributed by atoms with Gasteiger partial charge in [0.2, 0.25) is 5.91 Å². The van der Waals surface area contributed by atoms with Crippen LogP contribution in [0.25, 0.3) is 0 Å². The third kappa shape index (κ3) is 12.9. The van der Waals surface area contributed by atoms with Crippen molar-refractivity contribution < 1.29 is 22.7 Å². The van der Waals surface area contributed by atoms with E-state index in [4.69, 9.17) is 4.74 Å². The molecule has 7 nitrogen and oxygen atoms in total. The van der Waals surface area contributed by atoms with Crippen LogP contribution in [-0.4, -0.2) is 51.1 Å². The molecule has 0 bridgehead atoms. The van der Waals surface area contributed by atoms with Gasteiger partial charge in [0.1, 0.15) is 15.4 Å². The largest absolute Gasteiger partial charge is 0.444 e. The van der Waals surface area contributed by atoms with Crippen molar-refractivity contribution in [1.82, 2.24) is 10.6 Å². The first kappa shape index (κ1) is 17.7. The van der Waals surface area contributed by atoms with E-state index in [-0.39, 0.29) is 31.2 Å². The van der Waals surface area contributed by atoms with Crippen molar-refractivity contribution in [3.63, 3.8) is 0 Å². The van der Waals surface area contributed by atoms with E-state index in [0.717, 1.165) is 6.26 Å². The van der Waals surface area contributed by atoms with Gasteiger partial charge in [0, 0.05) is 25.8 Å². The summed E-state index contributed by atoms with van der Waals surface area (Å²) in [6, 6.07) is 0. The Kier molecular flexibility index (Phi) is 6.82. The van der Waals surface area contributed by atoms with E-state index in [1.54, 1.807) is 20.8 Å². The van der Waals surface area contributed by atoms with Crippen LogP contribution in [0.5, 0.6) is 0 Å². The summed E-state index contributed by atoms with van der Waals surface area (Å²) in [4.78, 5) is 22.5. The summed E-state index contributed by atoms with van der Waals surface area (Å²) in [5.41, 5.74) is -0.582. The lowest BCUT2D eigenvalue weighted by Crippen LogP contribution is -2.36. The summed E-state index contributed by atoms with van der Waals surface area (Å²) in [6.07, 6.45) is 0.586. The number of nitrogens with one attached hydrogen (secondary N) is 2. The van der Waals surface area contributed by atoms with Crippen molar-refractivity contribution >= 4 is 21.8 Å². The van der Waals surface area contributed by atoms with Gasteiger partial charge in [-0.05, 0) is 20.8 Å². The lowest BCUT2D eigenvalue weighted by molar-refractivity contribution is -0.120. The van der Waals surface area contributed by atoms with Gasteiger partial charge in [0.15, 0.2) is 0 Å². The molecule has 0 aliphatic heterocycles. The van der Waals surface area contributed by atoms with Crippen molar-refractivity contribution in [1.29, 1.82) is 0 Å². The molecule has 19 heavy (non-hydrogen) atoms. The van der Waals surface area contributed by atoms with Crippen LogP contribution < -0.4 is 10.6 Å². The molecule has 0 radical (unpaired) electrons. The maximum atomic E-state index is 11.3. The lowest BCUT2D eigenvalue weighted by Gasteiger charge is -2.19. The molecule has 2 amide bonds. The average Bonchev–Trinajstić information content (AvgIpc) is 2.12. The van der Waals surface area contributed by atoms with Crippen molar-refractivity contribution in [2.75, 3.05) is 25.1 Å². The molecule has 112 valence electrons. The number of sulfone groups is 1. The van der Waals surface area contributed by atoms with Gasteiger partial charge in [-0.15, -0.1) is 0 Å². The molecule has 0 saturated carbocycles. The Morgan fingerprint density at radius 2 is 1.68 bits per heavy atom. The Morgan fingerprint density at radius 1 is 1.11 bits per heavy atom. The van der Waals surface area contributed by atoms with E-state index < -0.39 is 21.5 Å². The zero-order chi connectivity index (χ0) is 15.1. The molecule has 0 saturated heterocycles. The van der Waals surface area contributed by atoms with E-state index in [0.29, 0.717) is 0 Å². The third-order valence-corrected chi connectivity index (χ3v) is 2.76. The first-order valence-corrected chi connectivity index (χ1v) is 7.97. The number of carbonyl (C=O) groups is 2. The second kappa shape index (κ2) is 7.32. The lowest BCUT2D eigenvalue weighted by atomic mass is 10.2. The van der Waals surface area contributed by atoms with Gasteiger partial charge in [-0.1, -0.05) is 0 Å². The van der Waals surface area contributed by atoms with Crippen molar-refractivity contribution in [2.24, 2.45) is 0 Å². The van der Waals surface area contributed by atoms with Crippen LogP contribution in [0.3, 0.4) is 0 Å². The molecule has 0 unspecified atom stereocenters. The number of ether oxygens (including phenoxy) is 1. The second-order valence-corrected chi connectivity index (χ2v) is 7.42. The Morgan fingerprint density at radius 3 is 2.16 bits per heavy atom. The van der Waals surface area contributed by atoms with Crippen LogP contribution in [0, 0.1) is 0 Å². The van der Waals surface area contributed by atoms with Gasteiger partial charge in [0.05, 0.1) is 5.75 Å². The first-order chi connectivity index (χ1) is 8.49. The van der Waals surface area contributed by atoms with E-state index in [1.807, 2.05) is 0 Å². The van der Waals surface area contributed by atoms with Crippen LogP contribution in [-0.2, 0) is 19.4 Å². The van der Waals surface area contributed by atoms with Gasteiger partial charge in [-0.3, -0.25) is 4.79 Å². The van der Waals surface area contributed by atoms with E-state index >= 15 is 0 Å². The summed E-state index contributed by atoms with van der Waals surface area (Å²) in [6.45, 7) is 5.43. The first-order valence-electron chi connectivity index (χ1n) is 5.91. The fourth-order valence-electron chi connectivity index (χ4n) is 1.06. The maximum Gasteiger partial charge on any atom is 0.407 e. The number of hydrogen-bond acceptors (Lipinski definition) is 5. The molecule has 0 aliphatic carbocycles. The summed E-state index contributed by atoms with van der Waals surface area (Å²) in [5, 5.41) is 4.89. The van der Waals surface area contributed by atoms with Crippen LogP contribution in [0.1, 0.15) is 27.2 Å². The zero-order valence-electron chi connectivity index (χ0n) is 11.8. The highest BCUT2D eigenvalue weighted by atomic mass is 32.2. The number of hydrogen-bond donors (Lipinski definition) is 2. The van der Waals surface area contributed by atoms with Crippen LogP contribution in [0.15, 0.2) is 0 Å². The standard InChI is InChI=1S/C11H22N2O5S/c1-11(2,3)18-10(15)13-6-5-9(14)12-7-8-19(4,16)17/h5-8H2,1-4H3,(H,12,14)(H,13,15). The zero-order valence-corrected chi connectivity index (χ0v) is 12.6. The predicted octanol–water partition coefficient (Wildman–Crippen LogP) is 0.0620. The van der Waals surface area contributed by atoms with Crippen molar-refractivity contribution in [2.45, 2.75) is 32.8 Å². The molecule has 0 aromatic carbocycles. The molecule has 0 fully saturated rings. The van der Waals surface area contributed by atoms with Gasteiger partial charge >= 0.3 is 6.09 Å². The number of rotatable bonds is 6. The minimum Gasteiger partial charge on any atom is -0.444 e. The minimum atomic E-state index is -3.08. The SMILES string of the molecule is CC(C)(C)OC(=O)NCCC(=O)NCCS(C)(=O)=O. The molecular formula is C11H22N2O5S. The van der Waals surface area contributed by atoms with Crippen molar-refractivity contribution in [3.8, 4) is 0 Å². The maximum absolute atomic E-state index is 11.3. The monoisotopic (exact) mass is 294 g/mol. The second-order valence-electron chi connectivity index (χ2n) is 5.16. The fraction of sp³-hybridized carbons (Fsp3) is 0.818. The van der Waals surface area contributed by atoms with Gasteiger partial charge in [-0.25, -0.2) is 13.2 Å². The molecular weight excluding hydrogens is 272 g/mol. The summed E-state index contributed by atoms with van der Waals surface area (Å²) < 4.78 is 26.6. The minimum absolute atomic E-state index is 0.0724. The number of amides is 2. The van der Waals surface area contributed by atoms with Crippen LogP contribution >= 0.6 is 0 Å². The van der Waals surface area contributed by atoms with Gasteiger partial charge < -0.3 is 15.4 Å². The molecule has 0 aromatic rings.